The SMILES string of the molecule is Cc1cc(Cl)ccc1OCC(=O)Nc1ccc2oc(-c3ccccc3Cl)nc2c1. The summed E-state index contributed by atoms with van der Waals surface area (Å²) in [5.74, 6) is 0.755. The summed E-state index contributed by atoms with van der Waals surface area (Å²) >= 11 is 12.1. The molecule has 0 radical (unpaired) electrons. The normalized spacial score (nSPS) is 10.9. The van der Waals surface area contributed by atoms with Crippen molar-refractivity contribution < 1.29 is 13.9 Å². The van der Waals surface area contributed by atoms with Crippen molar-refractivity contribution in [3.8, 4) is 17.2 Å². The number of aromatic nitrogens is 1. The lowest BCUT2D eigenvalue weighted by Gasteiger charge is -2.09. The predicted molar refractivity (Wildman–Crippen MR) is 115 cm³/mol. The standard InChI is InChI=1S/C22H16Cl2N2O3/c1-13-10-14(23)6-8-19(13)28-12-21(27)25-15-7-9-20-18(11-15)26-22(29-20)16-4-2-3-5-17(16)24/h2-11H,12H2,1H3,(H,25,27). The van der Waals surface area contributed by atoms with E-state index in [-0.39, 0.29) is 12.5 Å². The van der Waals surface area contributed by atoms with Crippen LogP contribution in [-0.4, -0.2) is 17.5 Å². The third-order valence-corrected chi connectivity index (χ3v) is 4.84. The molecule has 1 amide bonds. The van der Waals surface area contributed by atoms with Gasteiger partial charge in [0.25, 0.3) is 5.91 Å². The van der Waals surface area contributed by atoms with Crippen molar-refractivity contribution in [2.45, 2.75) is 6.92 Å². The molecule has 1 N–H and O–H groups in total. The zero-order valence-corrected chi connectivity index (χ0v) is 16.9. The summed E-state index contributed by atoms with van der Waals surface area (Å²) < 4.78 is 11.3. The lowest BCUT2D eigenvalue weighted by atomic mass is 10.2. The van der Waals surface area contributed by atoms with E-state index in [2.05, 4.69) is 10.3 Å². The first-order chi connectivity index (χ1) is 14.0. The van der Waals surface area contributed by atoms with Crippen LogP contribution in [0.15, 0.2) is 65.1 Å². The number of amides is 1. The molecule has 0 unspecified atom stereocenters. The van der Waals surface area contributed by atoms with Gasteiger partial charge in [-0.3, -0.25) is 4.79 Å². The second-order valence-electron chi connectivity index (χ2n) is 6.43. The first-order valence-electron chi connectivity index (χ1n) is 8.84. The molecule has 0 aliphatic carbocycles. The number of rotatable bonds is 5. The number of aryl methyl sites for hydroxylation is 1. The van der Waals surface area contributed by atoms with E-state index in [1.165, 1.54) is 0 Å². The lowest BCUT2D eigenvalue weighted by molar-refractivity contribution is -0.118. The number of hydrogen-bond acceptors (Lipinski definition) is 4. The molecule has 29 heavy (non-hydrogen) atoms. The molecule has 4 aromatic rings. The van der Waals surface area contributed by atoms with Gasteiger partial charge in [0.15, 0.2) is 12.2 Å². The lowest BCUT2D eigenvalue weighted by Crippen LogP contribution is -2.20. The van der Waals surface area contributed by atoms with Gasteiger partial charge in [0, 0.05) is 10.7 Å². The Balaban J connectivity index is 1.46. The predicted octanol–water partition coefficient (Wildman–Crippen LogP) is 6.13. The second-order valence-corrected chi connectivity index (χ2v) is 7.27. The molecule has 4 rings (SSSR count). The summed E-state index contributed by atoms with van der Waals surface area (Å²) in [5, 5.41) is 3.98. The van der Waals surface area contributed by atoms with E-state index in [0.29, 0.717) is 44.0 Å². The Morgan fingerprint density at radius 1 is 1.10 bits per heavy atom. The van der Waals surface area contributed by atoms with Crippen LogP contribution in [0.1, 0.15) is 5.56 Å². The highest BCUT2D eigenvalue weighted by Crippen LogP contribution is 2.30. The van der Waals surface area contributed by atoms with Crippen LogP contribution in [0.2, 0.25) is 10.0 Å². The van der Waals surface area contributed by atoms with Gasteiger partial charge in [-0.1, -0.05) is 35.3 Å². The largest absolute Gasteiger partial charge is 0.483 e. The highest BCUT2D eigenvalue weighted by Gasteiger charge is 2.12. The number of carbonyl (C=O) groups excluding carboxylic acids is 1. The number of oxazole rings is 1. The van der Waals surface area contributed by atoms with E-state index in [0.717, 1.165) is 5.56 Å². The molecule has 5 nitrogen and oxygen atoms in total. The Bertz CT molecular complexity index is 1200. The third-order valence-electron chi connectivity index (χ3n) is 4.27. The molecule has 0 aliphatic rings. The van der Waals surface area contributed by atoms with Crippen LogP contribution < -0.4 is 10.1 Å². The molecule has 3 aromatic carbocycles. The van der Waals surface area contributed by atoms with Gasteiger partial charge in [0.05, 0.1) is 10.6 Å². The Labute approximate surface area is 177 Å². The Kier molecular flexibility index (Phi) is 5.43. The van der Waals surface area contributed by atoms with Crippen LogP contribution >= 0.6 is 23.2 Å². The number of hydrogen-bond donors (Lipinski definition) is 1. The number of anilines is 1. The van der Waals surface area contributed by atoms with Gasteiger partial charge < -0.3 is 14.5 Å². The van der Waals surface area contributed by atoms with Crippen LogP contribution in [0.3, 0.4) is 0 Å². The number of halogens is 2. The minimum absolute atomic E-state index is 0.121. The highest BCUT2D eigenvalue weighted by atomic mass is 35.5. The molecule has 0 fully saturated rings. The molecule has 1 heterocycles. The monoisotopic (exact) mass is 426 g/mol. The van der Waals surface area contributed by atoms with Gasteiger partial charge in [-0.25, -0.2) is 4.98 Å². The van der Waals surface area contributed by atoms with Crippen LogP contribution in [0.25, 0.3) is 22.6 Å². The molecule has 0 saturated carbocycles. The van der Waals surface area contributed by atoms with Gasteiger partial charge >= 0.3 is 0 Å². The quantitative estimate of drug-likeness (QED) is 0.416. The molecular weight excluding hydrogens is 411 g/mol. The van der Waals surface area contributed by atoms with E-state index in [9.17, 15) is 4.79 Å². The first-order valence-corrected chi connectivity index (χ1v) is 9.59. The number of benzene rings is 3. The third kappa shape index (κ3) is 4.36. The zero-order chi connectivity index (χ0) is 20.4. The molecular formula is C22H16Cl2N2O3. The summed E-state index contributed by atoms with van der Waals surface area (Å²) in [5.41, 5.74) is 3.39. The number of ether oxygens (including phenoxy) is 1. The van der Waals surface area contributed by atoms with Crippen molar-refractivity contribution in [1.29, 1.82) is 0 Å². The molecule has 0 spiro atoms. The van der Waals surface area contributed by atoms with Gasteiger partial charge in [0.2, 0.25) is 5.89 Å². The summed E-state index contributed by atoms with van der Waals surface area (Å²) in [6.45, 7) is 1.75. The van der Waals surface area contributed by atoms with Crippen molar-refractivity contribution in [2.24, 2.45) is 0 Å². The fourth-order valence-electron chi connectivity index (χ4n) is 2.87. The smallest absolute Gasteiger partial charge is 0.262 e. The number of carbonyl (C=O) groups is 1. The Morgan fingerprint density at radius 3 is 2.72 bits per heavy atom. The maximum Gasteiger partial charge on any atom is 0.262 e. The highest BCUT2D eigenvalue weighted by molar-refractivity contribution is 6.33. The molecule has 0 bridgehead atoms. The van der Waals surface area contributed by atoms with Crippen molar-refractivity contribution in [1.82, 2.24) is 4.98 Å². The number of nitrogens with zero attached hydrogens (tertiary/aromatic N) is 1. The van der Waals surface area contributed by atoms with E-state index in [1.54, 1.807) is 42.5 Å². The van der Waals surface area contributed by atoms with Gasteiger partial charge in [-0.15, -0.1) is 0 Å². The molecule has 7 heteroatoms. The van der Waals surface area contributed by atoms with Crippen molar-refractivity contribution >= 4 is 45.9 Å². The van der Waals surface area contributed by atoms with Crippen LogP contribution in [0.5, 0.6) is 5.75 Å². The van der Waals surface area contributed by atoms with E-state index >= 15 is 0 Å². The zero-order valence-electron chi connectivity index (χ0n) is 15.4. The van der Waals surface area contributed by atoms with Crippen LogP contribution in [0.4, 0.5) is 5.69 Å². The average Bonchev–Trinajstić information content (AvgIpc) is 3.10. The topological polar surface area (TPSA) is 64.4 Å². The van der Waals surface area contributed by atoms with E-state index in [1.807, 2.05) is 25.1 Å². The number of nitrogens with one attached hydrogen (secondary N) is 1. The minimum atomic E-state index is -0.284. The van der Waals surface area contributed by atoms with Gasteiger partial charge in [-0.2, -0.15) is 0 Å². The molecule has 0 atom stereocenters. The van der Waals surface area contributed by atoms with E-state index < -0.39 is 0 Å². The summed E-state index contributed by atoms with van der Waals surface area (Å²) in [6, 6.07) is 17.8. The number of fused-ring (bicyclic) bond motifs is 1. The van der Waals surface area contributed by atoms with E-state index in [4.69, 9.17) is 32.4 Å². The Morgan fingerprint density at radius 2 is 1.93 bits per heavy atom. The minimum Gasteiger partial charge on any atom is -0.483 e. The summed E-state index contributed by atoms with van der Waals surface area (Å²) in [7, 11) is 0. The molecule has 0 aliphatic heterocycles. The fraction of sp³-hybridized carbons (Fsp3) is 0.0909. The van der Waals surface area contributed by atoms with Gasteiger partial charge in [-0.05, 0) is 61.0 Å². The maximum atomic E-state index is 12.2. The second kappa shape index (κ2) is 8.15. The van der Waals surface area contributed by atoms with Crippen molar-refractivity contribution in [3.63, 3.8) is 0 Å². The van der Waals surface area contributed by atoms with Crippen LogP contribution in [-0.2, 0) is 4.79 Å². The fourth-order valence-corrected chi connectivity index (χ4v) is 3.31. The average molecular weight is 427 g/mol. The summed E-state index contributed by atoms with van der Waals surface area (Å²) in [4.78, 5) is 16.7. The molecule has 146 valence electrons. The van der Waals surface area contributed by atoms with Gasteiger partial charge in [0.1, 0.15) is 11.3 Å². The Hall–Kier alpha value is -3.02. The molecule has 0 saturated heterocycles. The summed E-state index contributed by atoms with van der Waals surface area (Å²) in [6.07, 6.45) is 0. The molecule has 1 aromatic heterocycles. The first kappa shape index (κ1) is 19.3. The maximum absolute atomic E-state index is 12.2. The van der Waals surface area contributed by atoms with Crippen molar-refractivity contribution in [2.75, 3.05) is 11.9 Å². The van der Waals surface area contributed by atoms with Crippen molar-refractivity contribution in [3.05, 3.63) is 76.3 Å². The van der Waals surface area contributed by atoms with Crippen LogP contribution in [0, 0.1) is 6.92 Å².